The first kappa shape index (κ1) is 13.7. The van der Waals surface area contributed by atoms with Crippen molar-refractivity contribution in [2.24, 2.45) is 0 Å². The summed E-state index contributed by atoms with van der Waals surface area (Å²) in [5, 5.41) is 2.89. The number of aromatic nitrogens is 2. The molecule has 4 heteroatoms. The Morgan fingerprint density at radius 2 is 2.24 bits per heavy atom. The Morgan fingerprint density at radius 3 is 2.88 bits per heavy atom. The summed E-state index contributed by atoms with van der Waals surface area (Å²) in [6.45, 7) is 5.88. The van der Waals surface area contributed by atoms with Crippen molar-refractivity contribution in [3.05, 3.63) is 18.2 Å². The first-order chi connectivity index (χ1) is 8.24. The summed E-state index contributed by atoms with van der Waals surface area (Å²) in [7, 11) is 0. The molecule has 0 aliphatic carbocycles. The van der Waals surface area contributed by atoms with Crippen molar-refractivity contribution in [3.63, 3.8) is 0 Å². The molecular formula is C13H23N3O. The first-order valence-electron chi connectivity index (χ1n) is 6.48. The third kappa shape index (κ3) is 5.52. The lowest BCUT2D eigenvalue weighted by atomic mass is 10.2. The summed E-state index contributed by atoms with van der Waals surface area (Å²) in [6, 6.07) is 0. The van der Waals surface area contributed by atoms with Crippen molar-refractivity contribution in [3.8, 4) is 0 Å². The average molecular weight is 237 g/mol. The van der Waals surface area contributed by atoms with Crippen molar-refractivity contribution in [2.75, 3.05) is 6.54 Å². The highest BCUT2D eigenvalue weighted by molar-refractivity contribution is 5.75. The van der Waals surface area contributed by atoms with Crippen LogP contribution in [-0.4, -0.2) is 22.0 Å². The number of nitrogens with one attached hydrogen (secondary N) is 1. The van der Waals surface area contributed by atoms with E-state index >= 15 is 0 Å². The van der Waals surface area contributed by atoms with Gasteiger partial charge in [-0.1, -0.05) is 13.3 Å². The summed E-state index contributed by atoms with van der Waals surface area (Å²) in [4.78, 5) is 15.5. The maximum Gasteiger partial charge on any atom is 0.219 e. The molecule has 0 spiro atoms. The van der Waals surface area contributed by atoms with Crippen molar-refractivity contribution in [1.82, 2.24) is 14.9 Å². The summed E-state index contributed by atoms with van der Waals surface area (Å²) in [6.07, 6.45) is 8.67. The van der Waals surface area contributed by atoms with E-state index in [0.717, 1.165) is 44.6 Å². The molecule has 0 radical (unpaired) electrons. The van der Waals surface area contributed by atoms with Gasteiger partial charge in [0.25, 0.3) is 0 Å². The standard InChI is InChI=1S/C13H23N3O/c1-3-8-15-13(17)7-5-4-6-10-16-11-9-14-12(16)2/h9,11H,3-8,10H2,1-2H3,(H,15,17). The topological polar surface area (TPSA) is 46.9 Å². The highest BCUT2D eigenvalue weighted by Crippen LogP contribution is 2.04. The smallest absolute Gasteiger partial charge is 0.219 e. The van der Waals surface area contributed by atoms with Gasteiger partial charge in [0, 0.05) is 31.9 Å². The van der Waals surface area contributed by atoms with Gasteiger partial charge in [-0.05, 0) is 26.2 Å². The molecular weight excluding hydrogens is 214 g/mol. The highest BCUT2D eigenvalue weighted by atomic mass is 16.1. The number of carbonyl (C=O) groups is 1. The average Bonchev–Trinajstić information content (AvgIpc) is 2.72. The van der Waals surface area contributed by atoms with Gasteiger partial charge in [-0.3, -0.25) is 4.79 Å². The lowest BCUT2D eigenvalue weighted by Crippen LogP contribution is -2.23. The fourth-order valence-corrected chi connectivity index (χ4v) is 1.74. The molecule has 1 amide bonds. The predicted octanol–water partition coefficient (Wildman–Crippen LogP) is 2.28. The molecule has 96 valence electrons. The Morgan fingerprint density at radius 1 is 1.41 bits per heavy atom. The van der Waals surface area contributed by atoms with Gasteiger partial charge in [0.2, 0.25) is 5.91 Å². The van der Waals surface area contributed by atoms with E-state index in [4.69, 9.17) is 0 Å². The minimum atomic E-state index is 0.186. The molecule has 0 unspecified atom stereocenters. The second-order valence-corrected chi connectivity index (χ2v) is 4.33. The van der Waals surface area contributed by atoms with Crippen LogP contribution in [0.4, 0.5) is 0 Å². The Hall–Kier alpha value is -1.32. The molecule has 17 heavy (non-hydrogen) atoms. The minimum absolute atomic E-state index is 0.186. The molecule has 1 rings (SSSR count). The monoisotopic (exact) mass is 237 g/mol. The van der Waals surface area contributed by atoms with Crippen LogP contribution in [0.5, 0.6) is 0 Å². The zero-order chi connectivity index (χ0) is 12.5. The molecule has 1 aromatic heterocycles. The van der Waals surface area contributed by atoms with Crippen molar-refractivity contribution in [1.29, 1.82) is 0 Å². The van der Waals surface area contributed by atoms with E-state index in [9.17, 15) is 4.79 Å². The van der Waals surface area contributed by atoms with E-state index in [1.165, 1.54) is 0 Å². The van der Waals surface area contributed by atoms with Gasteiger partial charge in [0.15, 0.2) is 0 Å². The predicted molar refractivity (Wildman–Crippen MR) is 68.7 cm³/mol. The molecule has 0 aromatic carbocycles. The van der Waals surface area contributed by atoms with E-state index in [1.807, 2.05) is 19.3 Å². The van der Waals surface area contributed by atoms with Crippen LogP contribution in [0, 0.1) is 6.92 Å². The van der Waals surface area contributed by atoms with Gasteiger partial charge in [0.05, 0.1) is 0 Å². The Balaban J connectivity index is 2.01. The number of amides is 1. The van der Waals surface area contributed by atoms with Crippen LogP contribution >= 0.6 is 0 Å². The van der Waals surface area contributed by atoms with Gasteiger partial charge in [-0.25, -0.2) is 4.98 Å². The molecule has 1 N–H and O–H groups in total. The number of imidazole rings is 1. The third-order valence-electron chi connectivity index (χ3n) is 2.80. The van der Waals surface area contributed by atoms with Gasteiger partial charge in [-0.2, -0.15) is 0 Å². The lowest BCUT2D eigenvalue weighted by Gasteiger charge is -2.05. The van der Waals surface area contributed by atoms with Crippen LogP contribution in [-0.2, 0) is 11.3 Å². The molecule has 0 atom stereocenters. The first-order valence-corrected chi connectivity index (χ1v) is 6.48. The largest absolute Gasteiger partial charge is 0.356 e. The quantitative estimate of drug-likeness (QED) is 0.705. The normalized spacial score (nSPS) is 10.5. The molecule has 0 aliphatic rings. The summed E-state index contributed by atoms with van der Waals surface area (Å²) >= 11 is 0. The fourth-order valence-electron chi connectivity index (χ4n) is 1.74. The summed E-state index contributed by atoms with van der Waals surface area (Å²) in [5.41, 5.74) is 0. The van der Waals surface area contributed by atoms with Crippen molar-refractivity contribution < 1.29 is 4.79 Å². The summed E-state index contributed by atoms with van der Waals surface area (Å²) < 4.78 is 2.15. The fraction of sp³-hybridized carbons (Fsp3) is 0.692. The van der Waals surface area contributed by atoms with Crippen LogP contribution in [0.3, 0.4) is 0 Å². The van der Waals surface area contributed by atoms with Crippen molar-refractivity contribution >= 4 is 5.91 Å². The van der Waals surface area contributed by atoms with Crippen LogP contribution < -0.4 is 5.32 Å². The van der Waals surface area contributed by atoms with Gasteiger partial charge in [-0.15, -0.1) is 0 Å². The number of rotatable bonds is 8. The van der Waals surface area contributed by atoms with E-state index in [0.29, 0.717) is 6.42 Å². The van der Waals surface area contributed by atoms with Gasteiger partial charge >= 0.3 is 0 Å². The molecule has 0 bridgehead atoms. The zero-order valence-corrected chi connectivity index (χ0v) is 10.9. The number of hydrogen-bond donors (Lipinski definition) is 1. The number of carbonyl (C=O) groups excluding carboxylic acids is 1. The molecule has 0 saturated carbocycles. The second kappa shape index (κ2) is 7.87. The Bertz CT molecular complexity index is 333. The SMILES string of the molecule is CCCNC(=O)CCCCCn1ccnc1C. The molecule has 1 heterocycles. The van der Waals surface area contributed by atoms with Gasteiger partial charge < -0.3 is 9.88 Å². The number of aryl methyl sites for hydroxylation is 2. The van der Waals surface area contributed by atoms with E-state index < -0.39 is 0 Å². The Kier molecular flexibility index (Phi) is 6.37. The number of hydrogen-bond acceptors (Lipinski definition) is 2. The van der Waals surface area contributed by atoms with E-state index in [2.05, 4.69) is 21.8 Å². The van der Waals surface area contributed by atoms with E-state index in [1.54, 1.807) is 0 Å². The zero-order valence-electron chi connectivity index (χ0n) is 10.9. The molecule has 0 aliphatic heterocycles. The minimum Gasteiger partial charge on any atom is -0.356 e. The molecule has 1 aromatic rings. The third-order valence-corrected chi connectivity index (χ3v) is 2.80. The van der Waals surface area contributed by atoms with Crippen LogP contribution in [0.1, 0.15) is 44.9 Å². The maximum atomic E-state index is 11.3. The highest BCUT2D eigenvalue weighted by Gasteiger charge is 2.00. The molecule has 0 saturated heterocycles. The lowest BCUT2D eigenvalue weighted by molar-refractivity contribution is -0.121. The van der Waals surface area contributed by atoms with E-state index in [-0.39, 0.29) is 5.91 Å². The van der Waals surface area contributed by atoms with Crippen molar-refractivity contribution in [2.45, 2.75) is 52.5 Å². The number of unbranched alkanes of at least 4 members (excludes halogenated alkanes) is 2. The summed E-state index contributed by atoms with van der Waals surface area (Å²) in [5.74, 6) is 1.25. The van der Waals surface area contributed by atoms with Gasteiger partial charge in [0.1, 0.15) is 5.82 Å². The second-order valence-electron chi connectivity index (χ2n) is 4.33. The molecule has 4 nitrogen and oxygen atoms in total. The van der Waals surface area contributed by atoms with Crippen LogP contribution in [0.25, 0.3) is 0 Å². The maximum absolute atomic E-state index is 11.3. The molecule has 0 fully saturated rings. The Labute approximate surface area is 103 Å². The van der Waals surface area contributed by atoms with Crippen LogP contribution in [0.15, 0.2) is 12.4 Å². The van der Waals surface area contributed by atoms with Crippen LogP contribution in [0.2, 0.25) is 0 Å². The number of nitrogens with zero attached hydrogens (tertiary/aromatic N) is 2.